The van der Waals surface area contributed by atoms with E-state index < -0.39 is 10.2 Å². The minimum Gasteiger partial charge on any atom is -0.422 e. The maximum atomic E-state index is 8.49. The minimum absolute atomic E-state index is 0.479. The molecule has 106 valence electrons. The van der Waals surface area contributed by atoms with Crippen LogP contribution in [0.1, 0.15) is 32.1 Å². The summed E-state index contributed by atoms with van der Waals surface area (Å²) in [5.74, 6) is 0. The lowest BCUT2D eigenvalue weighted by Crippen LogP contribution is -2.68. The predicted octanol–water partition coefficient (Wildman–Crippen LogP) is -2.10. The van der Waals surface area contributed by atoms with E-state index in [4.69, 9.17) is 23.4 Å². The van der Waals surface area contributed by atoms with Gasteiger partial charge in [-0.05, 0) is 25.3 Å². The van der Waals surface area contributed by atoms with Crippen molar-refractivity contribution < 1.29 is 33.6 Å². The van der Waals surface area contributed by atoms with E-state index in [-0.39, 0.29) is 0 Å². The van der Waals surface area contributed by atoms with Crippen LogP contribution >= 0.6 is 0 Å². The molecular weight excluding hydrogens is 272 g/mol. The summed E-state index contributed by atoms with van der Waals surface area (Å²) in [7, 11) is -4.94. The summed E-state index contributed by atoms with van der Waals surface area (Å²) in [6.45, 7) is 0. The lowest BCUT2D eigenvalue weighted by atomic mass is 9.86. The smallest absolute Gasteiger partial charge is 0.184 e. The summed E-state index contributed by atoms with van der Waals surface area (Å²) in [4.78, 5) is 0. The van der Waals surface area contributed by atoms with E-state index >= 15 is 0 Å². The Kier molecular flexibility index (Phi) is 4.78. The van der Waals surface area contributed by atoms with E-state index in [9.17, 15) is 0 Å². The van der Waals surface area contributed by atoms with Crippen LogP contribution in [0.5, 0.6) is 0 Å². The number of hydrogen-bond acceptors (Lipinski definition) is 4. The molecule has 1 fully saturated rings. The van der Waals surface area contributed by atoms with Crippen LogP contribution in [0, 0.1) is 10.2 Å². The molecule has 0 radical (unpaired) electrons. The molecule has 1 saturated carbocycles. The van der Waals surface area contributed by atoms with Crippen LogP contribution in [-0.2, 0) is 0 Å². The molecule has 6 heteroatoms. The number of fused-ring (bicyclic) bond motifs is 2. The lowest BCUT2D eigenvalue weighted by molar-refractivity contribution is -2.00. The van der Waals surface area contributed by atoms with Gasteiger partial charge in [0.1, 0.15) is 0 Å². The highest BCUT2D eigenvalue weighted by atomic mass is 35.7. The largest absolute Gasteiger partial charge is 0.422 e. The van der Waals surface area contributed by atoms with Crippen molar-refractivity contribution >= 4 is 0 Å². The van der Waals surface area contributed by atoms with Gasteiger partial charge in [0.15, 0.2) is 12.2 Å². The maximum absolute atomic E-state index is 8.49. The van der Waals surface area contributed by atoms with Gasteiger partial charge in [-0.15, -0.1) is 10.2 Å². The Morgan fingerprint density at radius 1 is 1.11 bits per heavy atom. The fourth-order valence-corrected chi connectivity index (χ4v) is 2.71. The van der Waals surface area contributed by atoms with Crippen LogP contribution < -0.4 is 18.6 Å². The molecule has 1 aliphatic heterocycles. The van der Waals surface area contributed by atoms with Crippen molar-refractivity contribution in [3.8, 4) is 0 Å². The number of aliphatic hydroxyl groups is 2. The molecule has 0 aromatic carbocycles. The molecule has 0 aromatic heterocycles. The van der Waals surface area contributed by atoms with Crippen molar-refractivity contribution in [2.45, 2.75) is 44.3 Å². The molecular formula is C13H17ClO5. The van der Waals surface area contributed by atoms with Crippen molar-refractivity contribution in [1.82, 2.24) is 0 Å². The van der Waals surface area contributed by atoms with Crippen molar-refractivity contribution in [2.24, 2.45) is 0 Å². The van der Waals surface area contributed by atoms with Gasteiger partial charge >= 0.3 is 0 Å². The van der Waals surface area contributed by atoms with Gasteiger partial charge < -0.3 is 4.74 Å². The van der Waals surface area contributed by atoms with Crippen LogP contribution in [-0.4, -0.2) is 16.9 Å². The second-order valence-corrected chi connectivity index (χ2v) is 5.61. The highest BCUT2D eigenvalue weighted by Crippen LogP contribution is 2.33. The van der Waals surface area contributed by atoms with Crippen LogP contribution in [0.4, 0.5) is 0 Å². The van der Waals surface area contributed by atoms with Gasteiger partial charge in [0.05, 0.1) is 0 Å². The quantitative estimate of drug-likeness (QED) is 0.476. The zero-order valence-electron chi connectivity index (χ0n) is 10.5. The van der Waals surface area contributed by atoms with E-state index in [1.54, 1.807) is 5.57 Å². The Bertz CT molecular complexity index is 402. The standard InChI is InChI=1S/C13H16O.ClHO4/c1-3-7-12-10(5-1)9-11-6-2-4-8-13(11)14-12;2-1(3,4)5/h1,3,5,9,12-13H,2,4,6-8H2;(H,2,3,4,5). The summed E-state index contributed by atoms with van der Waals surface area (Å²) in [6, 6.07) is 0. The third-order valence-corrected chi connectivity index (χ3v) is 3.50. The Morgan fingerprint density at radius 3 is 2.58 bits per heavy atom. The molecule has 1 heterocycles. The minimum atomic E-state index is -4.94. The average Bonchev–Trinajstić information content (AvgIpc) is 2.34. The van der Waals surface area contributed by atoms with Crippen molar-refractivity contribution in [3.63, 3.8) is 0 Å². The molecule has 2 unspecified atom stereocenters. The number of allylic oxidation sites excluding steroid dienone is 2. The summed E-state index contributed by atoms with van der Waals surface area (Å²) >= 11 is 0. The molecule has 0 amide bonds. The second kappa shape index (κ2) is 6.17. The van der Waals surface area contributed by atoms with Gasteiger partial charge in [-0.2, -0.15) is 0 Å². The number of ether oxygens (including phenoxy) is 1. The first-order valence-corrected chi connectivity index (χ1v) is 7.56. The fourth-order valence-electron chi connectivity index (χ4n) is 2.71. The molecule has 5 nitrogen and oxygen atoms in total. The second-order valence-electron chi connectivity index (χ2n) is 4.85. The molecule has 0 bridgehead atoms. The monoisotopic (exact) mass is 288 g/mol. The predicted molar refractivity (Wildman–Crippen MR) is 58.2 cm³/mol. The summed E-state index contributed by atoms with van der Waals surface area (Å²) in [6.07, 6.45) is 16.5. The first-order valence-electron chi connectivity index (χ1n) is 6.32. The topological polar surface area (TPSA) is 105 Å². The first kappa shape index (κ1) is 14.7. The Balaban J connectivity index is 0.000000232. The number of rotatable bonds is 0. The Labute approximate surface area is 114 Å². The summed E-state index contributed by atoms with van der Waals surface area (Å²) < 4.78 is 38.9. The molecule has 0 aromatic rings. The summed E-state index contributed by atoms with van der Waals surface area (Å²) in [5, 5.41) is 0. The van der Waals surface area contributed by atoms with Gasteiger partial charge in [0.2, 0.25) is 0 Å². The molecule has 3 rings (SSSR count). The first-order chi connectivity index (χ1) is 8.93. The third kappa shape index (κ3) is 4.72. The number of hydrogen-bond donors (Lipinski definition) is 0. The molecule has 2 atom stereocenters. The van der Waals surface area contributed by atoms with Crippen molar-refractivity contribution in [3.05, 3.63) is 35.5 Å². The molecule has 19 heavy (non-hydrogen) atoms. The fraction of sp³-hybridized carbons (Fsp3) is 0.538. The van der Waals surface area contributed by atoms with E-state index in [0.717, 1.165) is 6.42 Å². The van der Waals surface area contributed by atoms with Crippen LogP contribution in [0.25, 0.3) is 0 Å². The van der Waals surface area contributed by atoms with Crippen molar-refractivity contribution in [2.75, 3.05) is 0 Å². The third-order valence-electron chi connectivity index (χ3n) is 3.50. The molecule has 0 saturated heterocycles. The number of halogens is 1. The van der Waals surface area contributed by atoms with Gasteiger partial charge in [0, 0.05) is 24.0 Å². The highest BCUT2D eigenvalue weighted by Gasteiger charge is 2.33. The van der Waals surface area contributed by atoms with E-state index in [1.807, 2.05) is 0 Å². The maximum Gasteiger partial charge on any atom is 0.184 e. The lowest BCUT2D eigenvalue weighted by Gasteiger charge is -2.32. The highest BCUT2D eigenvalue weighted by molar-refractivity contribution is 5.37. The Hall–Kier alpha value is -0.690. The van der Waals surface area contributed by atoms with Gasteiger partial charge in [0.25, 0.3) is 0 Å². The van der Waals surface area contributed by atoms with Gasteiger partial charge in [-0.25, -0.2) is 18.6 Å². The molecule has 3 aliphatic rings. The average molecular weight is 289 g/mol. The normalized spacial score (nSPS) is 29.3. The van der Waals surface area contributed by atoms with Crippen LogP contribution in [0.3, 0.4) is 0 Å². The summed E-state index contributed by atoms with van der Waals surface area (Å²) in [5.41, 5.74) is 3.04. The molecule has 1 N–H and O–H groups in total. The van der Waals surface area contributed by atoms with Crippen molar-refractivity contribution in [1.29, 1.82) is 0 Å². The van der Waals surface area contributed by atoms with Crippen LogP contribution in [0.2, 0.25) is 0 Å². The van der Waals surface area contributed by atoms with E-state index in [0.29, 0.717) is 12.2 Å². The molecule has 0 spiro atoms. The van der Waals surface area contributed by atoms with Gasteiger partial charge in [-0.1, -0.05) is 18.2 Å². The van der Waals surface area contributed by atoms with Gasteiger partial charge in [-0.3, -0.25) is 0 Å². The van der Waals surface area contributed by atoms with Crippen LogP contribution in [0.15, 0.2) is 35.5 Å². The Morgan fingerprint density at radius 2 is 1.84 bits per heavy atom. The SMILES string of the molecule is C1=CCC2[OH+]C3CCCCC3=CC2=C1.[O-][Cl+3]([O-])([O-])[O-]. The van der Waals surface area contributed by atoms with E-state index in [1.165, 1.54) is 31.3 Å². The zero-order chi connectivity index (χ0) is 13.9. The molecule has 2 aliphatic carbocycles. The van der Waals surface area contributed by atoms with E-state index in [2.05, 4.69) is 24.3 Å². The zero-order valence-corrected chi connectivity index (χ0v) is 11.2.